The van der Waals surface area contributed by atoms with Crippen LogP contribution in [0.5, 0.6) is 0 Å². The third kappa shape index (κ3) is 4.45. The minimum Gasteiger partial charge on any atom is -0.465 e. The van der Waals surface area contributed by atoms with Crippen molar-refractivity contribution in [2.75, 3.05) is 7.11 Å². The average molecular weight is 297 g/mol. The van der Waals surface area contributed by atoms with Crippen LogP contribution in [0.1, 0.15) is 32.6 Å². The summed E-state index contributed by atoms with van der Waals surface area (Å²) in [4.78, 5) is 16.6. The van der Waals surface area contributed by atoms with Crippen LogP contribution in [-0.4, -0.2) is 19.3 Å². The molecule has 0 aliphatic heterocycles. The first-order valence-corrected chi connectivity index (χ1v) is 6.99. The number of carbonyl (C=O) groups excluding carboxylic acids is 1. The van der Waals surface area contributed by atoms with E-state index in [1.165, 1.54) is 18.2 Å². The van der Waals surface area contributed by atoms with E-state index < -0.39 is 0 Å². The third-order valence-corrected chi connectivity index (χ3v) is 3.12. The topological polar surface area (TPSA) is 47.9 Å². The predicted molar refractivity (Wildman–Crippen MR) is 86.1 cm³/mol. The third-order valence-electron chi connectivity index (χ3n) is 3.12. The number of benzene rings is 2. The molecule has 0 aliphatic carbocycles. The average Bonchev–Trinajstić information content (AvgIpc) is 2.50. The second-order valence-electron chi connectivity index (χ2n) is 5.12. The number of ether oxygens (including phenoxy) is 1. The molecule has 0 bridgehead atoms. The maximum absolute atomic E-state index is 11.3. The van der Waals surface area contributed by atoms with Crippen molar-refractivity contribution in [2.24, 2.45) is 5.16 Å². The lowest BCUT2D eigenvalue weighted by Gasteiger charge is -2.03. The summed E-state index contributed by atoms with van der Waals surface area (Å²) in [5.74, 6) is -0.352. The Morgan fingerprint density at radius 3 is 2.32 bits per heavy atom. The number of carbonyl (C=O) groups is 1. The number of nitrogens with zero attached hydrogens (tertiary/aromatic N) is 1. The molecule has 0 fully saturated rings. The highest BCUT2D eigenvalue weighted by Crippen LogP contribution is 2.10. The zero-order valence-electron chi connectivity index (χ0n) is 13.0. The molecule has 0 spiro atoms. The Bertz CT molecular complexity index is 655. The van der Waals surface area contributed by atoms with E-state index in [4.69, 9.17) is 4.84 Å². The molecule has 0 saturated heterocycles. The van der Waals surface area contributed by atoms with Gasteiger partial charge < -0.3 is 9.57 Å². The Kier molecular flexibility index (Phi) is 5.31. The van der Waals surface area contributed by atoms with E-state index in [1.807, 2.05) is 0 Å². The summed E-state index contributed by atoms with van der Waals surface area (Å²) < 4.78 is 4.65. The van der Waals surface area contributed by atoms with Gasteiger partial charge in [0.05, 0.1) is 18.9 Å². The van der Waals surface area contributed by atoms with Crippen LogP contribution in [0.3, 0.4) is 0 Å². The van der Waals surface area contributed by atoms with Crippen molar-refractivity contribution in [2.45, 2.75) is 20.5 Å². The van der Waals surface area contributed by atoms with Gasteiger partial charge in [0.2, 0.25) is 0 Å². The lowest BCUT2D eigenvalue weighted by molar-refractivity contribution is 0.0600. The molecular formula is C18H19NO3. The van der Waals surface area contributed by atoms with Crippen molar-refractivity contribution in [1.82, 2.24) is 0 Å². The molecule has 0 unspecified atom stereocenters. The number of rotatable bonds is 5. The zero-order chi connectivity index (χ0) is 15.9. The Morgan fingerprint density at radius 1 is 1.09 bits per heavy atom. The van der Waals surface area contributed by atoms with Gasteiger partial charge in [0.15, 0.2) is 0 Å². The van der Waals surface area contributed by atoms with E-state index in [0.29, 0.717) is 12.2 Å². The molecule has 2 aromatic rings. The fraction of sp³-hybridized carbons (Fsp3) is 0.222. The summed E-state index contributed by atoms with van der Waals surface area (Å²) in [6.07, 6.45) is 1.61. The molecule has 0 N–H and O–H groups in total. The van der Waals surface area contributed by atoms with Crippen LogP contribution in [0, 0.1) is 13.8 Å². The largest absolute Gasteiger partial charge is 0.465 e. The molecule has 4 nitrogen and oxygen atoms in total. The lowest BCUT2D eigenvalue weighted by atomic mass is 10.1. The summed E-state index contributed by atoms with van der Waals surface area (Å²) in [7, 11) is 1.36. The Balaban J connectivity index is 1.91. The Labute approximate surface area is 130 Å². The molecule has 4 heteroatoms. The molecular weight excluding hydrogens is 278 g/mol. The molecule has 0 atom stereocenters. The van der Waals surface area contributed by atoms with Crippen LogP contribution in [0.2, 0.25) is 0 Å². The first kappa shape index (κ1) is 15.8. The highest BCUT2D eigenvalue weighted by atomic mass is 16.6. The van der Waals surface area contributed by atoms with Gasteiger partial charge in [0.25, 0.3) is 0 Å². The fourth-order valence-corrected chi connectivity index (χ4v) is 2.19. The number of aryl methyl sites for hydroxylation is 2. The first-order valence-electron chi connectivity index (χ1n) is 6.99. The van der Waals surface area contributed by atoms with Gasteiger partial charge in [-0.3, -0.25) is 0 Å². The normalized spacial score (nSPS) is 10.7. The standard InChI is InChI=1S/C18H19NO3/c1-13-8-14(2)10-16(9-13)12-22-19-11-15-4-6-17(7-5-15)18(20)21-3/h4-11H,12H2,1-3H3/b19-11+. The smallest absolute Gasteiger partial charge is 0.337 e. The maximum atomic E-state index is 11.3. The van der Waals surface area contributed by atoms with Crippen LogP contribution in [0.25, 0.3) is 0 Å². The van der Waals surface area contributed by atoms with E-state index >= 15 is 0 Å². The van der Waals surface area contributed by atoms with E-state index in [0.717, 1.165) is 11.1 Å². The lowest BCUT2D eigenvalue weighted by Crippen LogP contribution is -2.00. The zero-order valence-corrected chi connectivity index (χ0v) is 13.0. The van der Waals surface area contributed by atoms with Crippen LogP contribution in [0.4, 0.5) is 0 Å². The Morgan fingerprint density at radius 2 is 1.73 bits per heavy atom. The quantitative estimate of drug-likeness (QED) is 0.481. The highest BCUT2D eigenvalue weighted by molar-refractivity contribution is 5.90. The summed E-state index contributed by atoms with van der Waals surface area (Å²) in [6, 6.07) is 13.2. The van der Waals surface area contributed by atoms with E-state index in [9.17, 15) is 4.79 Å². The second kappa shape index (κ2) is 7.41. The molecule has 0 heterocycles. The summed E-state index contributed by atoms with van der Waals surface area (Å²) in [5, 5.41) is 3.95. The fourth-order valence-electron chi connectivity index (χ4n) is 2.19. The molecule has 22 heavy (non-hydrogen) atoms. The highest BCUT2D eigenvalue weighted by Gasteiger charge is 2.03. The summed E-state index contributed by atoms with van der Waals surface area (Å²) >= 11 is 0. The van der Waals surface area contributed by atoms with Gasteiger partial charge in [0.1, 0.15) is 6.61 Å². The van der Waals surface area contributed by atoms with Gasteiger partial charge in [-0.1, -0.05) is 46.6 Å². The molecule has 0 aromatic heterocycles. The second-order valence-corrected chi connectivity index (χ2v) is 5.12. The van der Waals surface area contributed by atoms with Gasteiger partial charge in [-0.05, 0) is 37.1 Å². The van der Waals surface area contributed by atoms with Crippen molar-refractivity contribution >= 4 is 12.2 Å². The molecule has 2 aromatic carbocycles. The number of oxime groups is 1. The summed E-state index contributed by atoms with van der Waals surface area (Å²) in [6.45, 7) is 4.55. The van der Waals surface area contributed by atoms with Gasteiger partial charge in [-0.25, -0.2) is 4.79 Å². The van der Waals surface area contributed by atoms with Crippen molar-refractivity contribution in [3.63, 3.8) is 0 Å². The molecule has 0 saturated carbocycles. The van der Waals surface area contributed by atoms with Crippen molar-refractivity contribution in [3.8, 4) is 0 Å². The molecule has 0 radical (unpaired) electrons. The van der Waals surface area contributed by atoms with Gasteiger partial charge in [-0.2, -0.15) is 0 Å². The molecule has 2 rings (SSSR count). The van der Waals surface area contributed by atoms with E-state index in [2.05, 4.69) is 41.9 Å². The van der Waals surface area contributed by atoms with Crippen molar-refractivity contribution in [3.05, 3.63) is 70.3 Å². The van der Waals surface area contributed by atoms with Crippen molar-refractivity contribution < 1.29 is 14.4 Å². The number of methoxy groups -OCH3 is 1. The van der Waals surface area contributed by atoms with Gasteiger partial charge in [-0.15, -0.1) is 0 Å². The number of esters is 1. The molecule has 0 amide bonds. The van der Waals surface area contributed by atoms with E-state index in [1.54, 1.807) is 30.5 Å². The first-order chi connectivity index (χ1) is 10.6. The monoisotopic (exact) mass is 297 g/mol. The predicted octanol–water partition coefficient (Wildman–Crippen LogP) is 3.64. The van der Waals surface area contributed by atoms with Gasteiger partial charge in [0, 0.05) is 0 Å². The Hall–Kier alpha value is -2.62. The molecule has 114 valence electrons. The molecule has 0 aliphatic rings. The minimum absolute atomic E-state index is 0.352. The number of hydrogen-bond acceptors (Lipinski definition) is 4. The van der Waals surface area contributed by atoms with Crippen LogP contribution in [0.15, 0.2) is 47.6 Å². The van der Waals surface area contributed by atoms with Crippen LogP contribution >= 0.6 is 0 Å². The van der Waals surface area contributed by atoms with Crippen LogP contribution < -0.4 is 0 Å². The maximum Gasteiger partial charge on any atom is 0.337 e. The van der Waals surface area contributed by atoms with Crippen molar-refractivity contribution in [1.29, 1.82) is 0 Å². The SMILES string of the molecule is COC(=O)c1ccc(/C=N/OCc2cc(C)cc(C)c2)cc1. The number of hydrogen-bond donors (Lipinski definition) is 0. The van der Waals surface area contributed by atoms with E-state index in [-0.39, 0.29) is 5.97 Å². The van der Waals surface area contributed by atoms with Gasteiger partial charge >= 0.3 is 5.97 Å². The van der Waals surface area contributed by atoms with Crippen LogP contribution in [-0.2, 0) is 16.2 Å². The summed E-state index contributed by atoms with van der Waals surface area (Å²) in [5.41, 5.74) is 4.88. The minimum atomic E-state index is -0.352.